The molecule has 170 valence electrons. The molecule has 0 heterocycles. The number of amides is 2. The van der Waals surface area contributed by atoms with Crippen LogP contribution in [-0.2, 0) is 0 Å². The van der Waals surface area contributed by atoms with E-state index >= 15 is 0 Å². The number of carbonyl (C=O) groups is 1. The maximum atomic E-state index is 12.4. The van der Waals surface area contributed by atoms with Gasteiger partial charge >= 0.3 is 6.03 Å². The number of hydrogen-bond donors (Lipinski definition) is 2. The second kappa shape index (κ2) is 12.9. The Bertz CT molecular complexity index is 612. The standard InChI is InChI=1S/C26H44N2O2/c1-5-6-7-8-9-10-11-12-17-30-24-15-13-22(14-16-24)27-25(29)28-23-18-21(2)19-26(3,4)20-23/h13-16,21,23H,5-12,17-20H2,1-4H3,(H2,27,28,29)/t21-,23+/m1/s1. The molecule has 4 nitrogen and oxygen atoms in total. The molecule has 0 saturated heterocycles. The molecule has 2 rings (SSSR count). The number of urea groups is 1. The number of unbranched alkanes of at least 4 members (excludes halogenated alkanes) is 7. The van der Waals surface area contributed by atoms with Gasteiger partial charge in [0.25, 0.3) is 0 Å². The third kappa shape index (κ3) is 9.86. The van der Waals surface area contributed by atoms with E-state index in [1.165, 1.54) is 51.4 Å². The first-order valence-corrected chi connectivity index (χ1v) is 12.2. The highest BCUT2D eigenvalue weighted by atomic mass is 16.5. The van der Waals surface area contributed by atoms with Gasteiger partial charge in [-0.05, 0) is 61.3 Å². The first kappa shape index (κ1) is 24.6. The van der Waals surface area contributed by atoms with Gasteiger partial charge in [0.15, 0.2) is 0 Å². The molecule has 0 unspecified atom stereocenters. The van der Waals surface area contributed by atoms with Crippen molar-refractivity contribution >= 4 is 11.7 Å². The van der Waals surface area contributed by atoms with E-state index in [9.17, 15) is 4.79 Å². The van der Waals surface area contributed by atoms with E-state index in [-0.39, 0.29) is 12.1 Å². The van der Waals surface area contributed by atoms with Crippen LogP contribution in [0.2, 0.25) is 0 Å². The lowest BCUT2D eigenvalue weighted by Gasteiger charge is -2.39. The van der Waals surface area contributed by atoms with Crippen LogP contribution in [0.5, 0.6) is 5.75 Å². The highest BCUT2D eigenvalue weighted by Crippen LogP contribution is 2.38. The molecule has 1 aromatic rings. The minimum absolute atomic E-state index is 0.113. The third-order valence-electron chi connectivity index (χ3n) is 6.10. The lowest BCUT2D eigenvalue weighted by atomic mass is 9.71. The molecule has 1 saturated carbocycles. The van der Waals surface area contributed by atoms with Crippen molar-refractivity contribution in [3.8, 4) is 5.75 Å². The fourth-order valence-corrected chi connectivity index (χ4v) is 4.87. The normalized spacial score (nSPS) is 20.5. The fraction of sp³-hybridized carbons (Fsp3) is 0.731. The summed E-state index contributed by atoms with van der Waals surface area (Å²) in [5, 5.41) is 6.11. The van der Waals surface area contributed by atoms with Crippen molar-refractivity contribution in [1.82, 2.24) is 5.32 Å². The Labute approximate surface area is 184 Å². The molecule has 2 atom stereocenters. The SMILES string of the molecule is CCCCCCCCCCOc1ccc(NC(=O)N[C@H]2C[C@@H](C)CC(C)(C)C2)cc1. The Hall–Kier alpha value is -1.71. The van der Waals surface area contributed by atoms with E-state index in [0.717, 1.165) is 37.3 Å². The highest BCUT2D eigenvalue weighted by molar-refractivity contribution is 5.89. The molecule has 0 aromatic heterocycles. The van der Waals surface area contributed by atoms with Gasteiger partial charge in [0, 0.05) is 11.7 Å². The van der Waals surface area contributed by atoms with Crippen LogP contribution in [0.15, 0.2) is 24.3 Å². The number of ether oxygens (including phenoxy) is 1. The van der Waals surface area contributed by atoms with Crippen LogP contribution >= 0.6 is 0 Å². The number of benzene rings is 1. The molecule has 0 bridgehead atoms. The number of carbonyl (C=O) groups excluding carboxylic acids is 1. The Morgan fingerprint density at radius 3 is 2.27 bits per heavy atom. The van der Waals surface area contributed by atoms with Gasteiger partial charge in [0.1, 0.15) is 5.75 Å². The van der Waals surface area contributed by atoms with Gasteiger partial charge in [0.05, 0.1) is 6.61 Å². The molecule has 1 aromatic carbocycles. The van der Waals surface area contributed by atoms with Gasteiger partial charge < -0.3 is 15.4 Å². The number of nitrogens with one attached hydrogen (secondary N) is 2. The molecule has 1 aliphatic carbocycles. The molecule has 2 N–H and O–H groups in total. The largest absolute Gasteiger partial charge is 0.494 e. The van der Waals surface area contributed by atoms with Gasteiger partial charge in [-0.3, -0.25) is 0 Å². The highest BCUT2D eigenvalue weighted by Gasteiger charge is 2.32. The van der Waals surface area contributed by atoms with Crippen LogP contribution in [-0.4, -0.2) is 18.7 Å². The van der Waals surface area contributed by atoms with E-state index in [1.807, 2.05) is 24.3 Å². The molecule has 0 aliphatic heterocycles. The summed E-state index contributed by atoms with van der Waals surface area (Å²) in [5.41, 5.74) is 1.10. The molecule has 1 aliphatic rings. The average molecular weight is 417 g/mol. The van der Waals surface area contributed by atoms with Gasteiger partial charge in [-0.25, -0.2) is 4.79 Å². The van der Waals surface area contributed by atoms with Crippen LogP contribution in [0.3, 0.4) is 0 Å². The second-order valence-corrected chi connectivity index (χ2v) is 10.1. The van der Waals surface area contributed by atoms with Gasteiger partial charge in [-0.1, -0.05) is 72.6 Å². The Morgan fingerprint density at radius 1 is 1.00 bits per heavy atom. The average Bonchev–Trinajstić information content (AvgIpc) is 2.66. The summed E-state index contributed by atoms with van der Waals surface area (Å²) in [7, 11) is 0. The van der Waals surface area contributed by atoms with Gasteiger partial charge in [-0.2, -0.15) is 0 Å². The maximum absolute atomic E-state index is 12.4. The van der Waals surface area contributed by atoms with E-state index in [2.05, 4.69) is 38.3 Å². The monoisotopic (exact) mass is 416 g/mol. The predicted octanol–water partition coefficient (Wildman–Crippen LogP) is 7.54. The van der Waals surface area contributed by atoms with Crippen LogP contribution in [0.4, 0.5) is 10.5 Å². The quantitative estimate of drug-likeness (QED) is 0.346. The van der Waals surface area contributed by atoms with Crippen LogP contribution in [0, 0.1) is 11.3 Å². The summed E-state index contributed by atoms with van der Waals surface area (Å²) < 4.78 is 5.84. The zero-order valence-electron chi connectivity index (χ0n) is 19.8. The van der Waals surface area contributed by atoms with Crippen molar-refractivity contribution in [3.05, 3.63) is 24.3 Å². The van der Waals surface area contributed by atoms with Crippen molar-refractivity contribution in [2.75, 3.05) is 11.9 Å². The number of hydrogen-bond acceptors (Lipinski definition) is 2. The molecule has 1 fully saturated rings. The number of rotatable bonds is 12. The van der Waals surface area contributed by atoms with Crippen molar-refractivity contribution < 1.29 is 9.53 Å². The Balaban J connectivity index is 1.61. The summed E-state index contributed by atoms with van der Waals surface area (Å²) in [6.45, 7) is 9.88. The van der Waals surface area contributed by atoms with Crippen molar-refractivity contribution in [1.29, 1.82) is 0 Å². The second-order valence-electron chi connectivity index (χ2n) is 10.1. The van der Waals surface area contributed by atoms with Crippen LogP contribution < -0.4 is 15.4 Å². The topological polar surface area (TPSA) is 50.4 Å². The van der Waals surface area contributed by atoms with Crippen LogP contribution in [0.25, 0.3) is 0 Å². The summed E-state index contributed by atoms with van der Waals surface area (Å²) in [6, 6.07) is 7.83. The Kier molecular flexibility index (Phi) is 10.5. The number of anilines is 1. The minimum Gasteiger partial charge on any atom is -0.494 e. The third-order valence-corrected chi connectivity index (χ3v) is 6.10. The van der Waals surface area contributed by atoms with Gasteiger partial charge in [-0.15, -0.1) is 0 Å². The summed E-state index contributed by atoms with van der Waals surface area (Å²) in [6.07, 6.45) is 13.7. The van der Waals surface area contributed by atoms with Crippen molar-refractivity contribution in [2.24, 2.45) is 11.3 Å². The molecule has 0 spiro atoms. The van der Waals surface area contributed by atoms with E-state index in [4.69, 9.17) is 4.74 Å². The Morgan fingerprint density at radius 2 is 1.63 bits per heavy atom. The smallest absolute Gasteiger partial charge is 0.319 e. The van der Waals surface area contributed by atoms with Gasteiger partial charge in [0.2, 0.25) is 0 Å². The molecule has 30 heavy (non-hydrogen) atoms. The zero-order valence-corrected chi connectivity index (χ0v) is 19.8. The summed E-state index contributed by atoms with van der Waals surface area (Å²) in [5.74, 6) is 1.52. The zero-order chi connectivity index (χ0) is 21.8. The van der Waals surface area contributed by atoms with E-state index in [1.54, 1.807) is 0 Å². The van der Waals surface area contributed by atoms with E-state index in [0.29, 0.717) is 11.3 Å². The maximum Gasteiger partial charge on any atom is 0.319 e. The first-order chi connectivity index (χ1) is 14.4. The predicted molar refractivity (Wildman–Crippen MR) is 127 cm³/mol. The minimum atomic E-state index is -0.113. The molecular formula is C26H44N2O2. The summed E-state index contributed by atoms with van der Waals surface area (Å²) >= 11 is 0. The molecular weight excluding hydrogens is 372 g/mol. The lowest BCUT2D eigenvalue weighted by molar-refractivity contribution is 0.154. The van der Waals surface area contributed by atoms with E-state index < -0.39 is 0 Å². The lowest BCUT2D eigenvalue weighted by Crippen LogP contribution is -2.44. The van der Waals surface area contributed by atoms with Crippen molar-refractivity contribution in [3.63, 3.8) is 0 Å². The molecule has 4 heteroatoms. The summed E-state index contributed by atoms with van der Waals surface area (Å²) in [4.78, 5) is 12.4. The first-order valence-electron chi connectivity index (χ1n) is 12.2. The van der Waals surface area contributed by atoms with Crippen LogP contribution in [0.1, 0.15) is 98.3 Å². The fourth-order valence-electron chi connectivity index (χ4n) is 4.87. The molecule has 2 amide bonds. The van der Waals surface area contributed by atoms with Crippen molar-refractivity contribution in [2.45, 2.75) is 104 Å². The molecule has 0 radical (unpaired) electrons.